The van der Waals surface area contributed by atoms with Gasteiger partial charge in [0.15, 0.2) is 23.0 Å². The Bertz CT molecular complexity index is 1980. The van der Waals surface area contributed by atoms with Crippen molar-refractivity contribution in [2.45, 2.75) is 13.1 Å². The lowest BCUT2D eigenvalue weighted by Crippen LogP contribution is -2.11. The van der Waals surface area contributed by atoms with Gasteiger partial charge < -0.3 is 37.6 Å². The van der Waals surface area contributed by atoms with E-state index >= 15 is 0 Å². The maximum atomic E-state index is 13.3. The lowest BCUT2D eigenvalue weighted by atomic mass is 9.95. The van der Waals surface area contributed by atoms with Gasteiger partial charge in [-0.25, -0.2) is 9.59 Å². The third-order valence-electron chi connectivity index (χ3n) is 8.51. The van der Waals surface area contributed by atoms with Gasteiger partial charge in [-0.2, -0.15) is 0 Å². The van der Waals surface area contributed by atoms with E-state index in [1.54, 1.807) is 40.6 Å². The Morgan fingerprint density at radius 1 is 0.521 bits per heavy atom. The first-order valence-electron chi connectivity index (χ1n) is 15.2. The fraction of sp³-hybridized carbons (Fsp3) is 0.211. The molecule has 10 nitrogen and oxygen atoms in total. The molecule has 6 aromatic rings. The molecule has 0 unspecified atom stereocenters. The molecule has 0 fully saturated rings. The molecule has 0 bridgehead atoms. The zero-order chi connectivity index (χ0) is 33.9. The summed E-state index contributed by atoms with van der Waals surface area (Å²) in [4.78, 5) is 26.6. The predicted octanol–water partition coefficient (Wildman–Crippen LogP) is 6.97. The van der Waals surface area contributed by atoms with E-state index in [4.69, 9.17) is 28.4 Å². The Balaban J connectivity index is 1.77. The molecule has 0 amide bonds. The number of carbonyl (C=O) groups excluding carboxylic acids is 2. The second-order valence-corrected chi connectivity index (χ2v) is 11.0. The Kier molecular flexibility index (Phi) is 8.98. The molecule has 10 heteroatoms. The molecule has 0 aliphatic carbocycles. The zero-order valence-corrected chi connectivity index (χ0v) is 27.7. The van der Waals surface area contributed by atoms with Crippen LogP contribution < -0.4 is 18.9 Å². The molecule has 0 saturated carbocycles. The highest BCUT2D eigenvalue weighted by Crippen LogP contribution is 2.53. The van der Waals surface area contributed by atoms with Gasteiger partial charge in [0.1, 0.15) is 11.4 Å². The second-order valence-electron chi connectivity index (χ2n) is 11.0. The van der Waals surface area contributed by atoms with Crippen LogP contribution in [0.3, 0.4) is 0 Å². The summed E-state index contributed by atoms with van der Waals surface area (Å²) >= 11 is 0. The van der Waals surface area contributed by atoms with Crippen molar-refractivity contribution in [3.05, 3.63) is 107 Å². The molecular weight excluding hydrogens is 612 g/mol. The van der Waals surface area contributed by atoms with E-state index in [0.29, 0.717) is 80.4 Å². The van der Waals surface area contributed by atoms with Crippen LogP contribution in [-0.4, -0.2) is 63.7 Å². The summed E-state index contributed by atoms with van der Waals surface area (Å²) in [6.07, 6.45) is 0. The number of carbonyl (C=O) groups is 2. The third-order valence-corrected chi connectivity index (χ3v) is 8.51. The summed E-state index contributed by atoms with van der Waals surface area (Å²) in [6, 6.07) is 26.9. The third kappa shape index (κ3) is 5.45. The van der Waals surface area contributed by atoms with Gasteiger partial charge in [-0.15, -0.1) is 0 Å². The Hall–Kier alpha value is -5.90. The van der Waals surface area contributed by atoms with E-state index in [0.717, 1.165) is 11.1 Å². The monoisotopic (exact) mass is 648 g/mol. The topological polar surface area (TPSA) is 99.4 Å². The fourth-order valence-corrected chi connectivity index (χ4v) is 6.33. The molecule has 0 saturated heterocycles. The SMILES string of the molecule is COC(=O)c1cc2c(-c3c(OC)c(OC)cc4c3cc(C(=O)OC)n4Cc3ccccc3)c(OC)c(OC)cc2n1Cc1ccccc1. The smallest absolute Gasteiger partial charge is 0.354 e. The quantitative estimate of drug-likeness (QED) is 0.139. The maximum absolute atomic E-state index is 13.3. The number of nitrogens with zero attached hydrogens (tertiary/aromatic N) is 2. The molecule has 0 aliphatic heterocycles. The van der Waals surface area contributed by atoms with Crippen molar-refractivity contribution in [2.75, 3.05) is 42.7 Å². The van der Waals surface area contributed by atoms with Crippen LogP contribution in [0.1, 0.15) is 32.1 Å². The summed E-state index contributed by atoms with van der Waals surface area (Å²) in [5, 5.41) is 1.35. The number of aromatic nitrogens is 2. The average Bonchev–Trinajstić information content (AvgIpc) is 3.67. The van der Waals surface area contributed by atoms with Crippen molar-refractivity contribution in [2.24, 2.45) is 0 Å². The first-order chi connectivity index (χ1) is 23.4. The number of rotatable bonds is 11. The Morgan fingerprint density at radius 2 is 0.896 bits per heavy atom. The van der Waals surface area contributed by atoms with Gasteiger partial charge in [0, 0.05) is 47.1 Å². The van der Waals surface area contributed by atoms with E-state index < -0.39 is 11.9 Å². The molecule has 0 aliphatic rings. The molecule has 2 aromatic heterocycles. The zero-order valence-electron chi connectivity index (χ0n) is 27.7. The first kappa shape index (κ1) is 32.1. The van der Waals surface area contributed by atoms with Gasteiger partial charge in [0.05, 0.1) is 53.7 Å². The Morgan fingerprint density at radius 3 is 1.21 bits per heavy atom. The van der Waals surface area contributed by atoms with E-state index in [1.165, 1.54) is 14.2 Å². The largest absolute Gasteiger partial charge is 0.493 e. The number of fused-ring (bicyclic) bond motifs is 2. The van der Waals surface area contributed by atoms with Gasteiger partial charge in [-0.1, -0.05) is 60.7 Å². The van der Waals surface area contributed by atoms with Crippen LogP contribution in [0.5, 0.6) is 23.0 Å². The molecule has 0 spiro atoms. The minimum atomic E-state index is -0.504. The van der Waals surface area contributed by atoms with E-state index in [1.807, 2.05) is 81.9 Å². The number of esters is 2. The van der Waals surface area contributed by atoms with Gasteiger partial charge in [-0.05, 0) is 23.3 Å². The van der Waals surface area contributed by atoms with Crippen molar-refractivity contribution >= 4 is 33.7 Å². The van der Waals surface area contributed by atoms with Crippen LogP contribution in [-0.2, 0) is 22.6 Å². The number of hydrogen-bond acceptors (Lipinski definition) is 8. The second kappa shape index (κ2) is 13.4. The summed E-state index contributed by atoms with van der Waals surface area (Å²) in [5.41, 5.74) is 5.20. The van der Waals surface area contributed by atoms with Gasteiger partial charge in [0.2, 0.25) is 0 Å². The predicted molar refractivity (Wildman–Crippen MR) is 183 cm³/mol. The van der Waals surface area contributed by atoms with E-state index in [2.05, 4.69) is 0 Å². The minimum Gasteiger partial charge on any atom is -0.493 e. The normalized spacial score (nSPS) is 11.0. The van der Waals surface area contributed by atoms with E-state index in [-0.39, 0.29) is 0 Å². The van der Waals surface area contributed by atoms with Crippen LogP contribution in [0.4, 0.5) is 0 Å². The average molecular weight is 649 g/mol. The van der Waals surface area contributed by atoms with Crippen LogP contribution in [0, 0.1) is 0 Å². The van der Waals surface area contributed by atoms with Crippen molar-refractivity contribution in [1.29, 1.82) is 0 Å². The molecule has 246 valence electrons. The first-order valence-corrected chi connectivity index (χ1v) is 15.2. The van der Waals surface area contributed by atoms with Crippen LogP contribution in [0.2, 0.25) is 0 Å². The van der Waals surface area contributed by atoms with Crippen molar-refractivity contribution in [1.82, 2.24) is 9.13 Å². The lowest BCUT2D eigenvalue weighted by Gasteiger charge is -2.20. The highest BCUT2D eigenvalue weighted by molar-refractivity contribution is 6.14. The van der Waals surface area contributed by atoms with Crippen molar-refractivity contribution in [3.8, 4) is 34.1 Å². The molecule has 6 rings (SSSR count). The summed E-state index contributed by atoms with van der Waals surface area (Å²) in [7, 11) is 8.94. The van der Waals surface area contributed by atoms with Gasteiger partial charge >= 0.3 is 11.9 Å². The number of ether oxygens (including phenoxy) is 6. The van der Waals surface area contributed by atoms with Gasteiger partial charge in [0.25, 0.3) is 0 Å². The molecular formula is C38H36N2O8. The summed E-state index contributed by atoms with van der Waals surface area (Å²) < 4.78 is 38.2. The molecule has 2 heterocycles. The molecule has 0 radical (unpaired) electrons. The molecule has 48 heavy (non-hydrogen) atoms. The summed E-state index contributed by atoms with van der Waals surface area (Å²) in [5.74, 6) is 0.659. The number of hydrogen-bond donors (Lipinski definition) is 0. The van der Waals surface area contributed by atoms with Gasteiger partial charge in [-0.3, -0.25) is 0 Å². The van der Waals surface area contributed by atoms with Crippen LogP contribution in [0.25, 0.3) is 32.9 Å². The minimum absolute atomic E-state index is 0.336. The van der Waals surface area contributed by atoms with Crippen LogP contribution in [0.15, 0.2) is 84.9 Å². The number of methoxy groups -OCH3 is 6. The molecule has 0 N–H and O–H groups in total. The fourth-order valence-electron chi connectivity index (χ4n) is 6.33. The van der Waals surface area contributed by atoms with Crippen molar-refractivity contribution < 1.29 is 38.0 Å². The van der Waals surface area contributed by atoms with Crippen molar-refractivity contribution in [3.63, 3.8) is 0 Å². The lowest BCUT2D eigenvalue weighted by molar-refractivity contribution is 0.0581. The Labute approximate surface area is 277 Å². The highest BCUT2D eigenvalue weighted by Gasteiger charge is 2.30. The maximum Gasteiger partial charge on any atom is 0.354 e. The van der Waals surface area contributed by atoms with Crippen LogP contribution >= 0.6 is 0 Å². The highest BCUT2D eigenvalue weighted by atomic mass is 16.5. The number of benzene rings is 4. The summed E-state index contributed by atoms with van der Waals surface area (Å²) in [6.45, 7) is 0.766. The molecule has 0 atom stereocenters. The standard InChI is InChI=1S/C38H36N2O8/c1-43-31-19-27-25(17-29(37(41)47-5)39(27)21-23-13-9-7-10-14-23)33(35(31)45-3)34-26-18-30(38(42)48-6)40(22-24-15-11-8-12-16-24)28(26)20-32(44-2)36(34)46-4/h7-20H,21-22H2,1-6H3. The molecule has 4 aromatic carbocycles. The van der Waals surface area contributed by atoms with E-state index in [9.17, 15) is 9.59 Å².